The first kappa shape index (κ1) is 24.2. The first-order chi connectivity index (χ1) is 16.1. The summed E-state index contributed by atoms with van der Waals surface area (Å²) in [5.74, 6) is -1.88. The van der Waals surface area contributed by atoms with Crippen LogP contribution in [0.3, 0.4) is 0 Å². The summed E-state index contributed by atoms with van der Waals surface area (Å²) in [7, 11) is 0. The number of nitriles is 1. The monoisotopic (exact) mass is 485 g/mol. The molecule has 178 valence electrons. The van der Waals surface area contributed by atoms with E-state index in [9.17, 15) is 18.4 Å². The molecule has 0 amide bonds. The quantitative estimate of drug-likeness (QED) is 0.428. The lowest BCUT2D eigenvalue weighted by atomic mass is 9.93. The fourth-order valence-electron chi connectivity index (χ4n) is 4.81. The summed E-state index contributed by atoms with van der Waals surface area (Å²) < 4.78 is 41.1. The minimum absolute atomic E-state index is 0.201. The predicted molar refractivity (Wildman–Crippen MR) is 130 cm³/mol. The number of nitrogens with one attached hydrogen (secondary N) is 1. The Labute approximate surface area is 201 Å². The fraction of sp³-hybridized carbons (Fsp3) is 0.385. The highest BCUT2D eigenvalue weighted by molar-refractivity contribution is 6.31. The molecule has 1 aromatic heterocycles. The van der Waals surface area contributed by atoms with Gasteiger partial charge in [-0.2, -0.15) is 24.1 Å². The number of allylic oxidation sites excluding steroid dienone is 3. The van der Waals surface area contributed by atoms with Crippen LogP contribution in [0.25, 0.3) is 16.6 Å². The molecule has 34 heavy (non-hydrogen) atoms. The first-order valence-electron chi connectivity index (χ1n) is 11.3. The lowest BCUT2D eigenvalue weighted by molar-refractivity contribution is -0.158. The van der Waals surface area contributed by atoms with E-state index in [1.165, 1.54) is 18.7 Å². The van der Waals surface area contributed by atoms with Gasteiger partial charge in [0.1, 0.15) is 12.1 Å². The van der Waals surface area contributed by atoms with Gasteiger partial charge in [0.05, 0.1) is 22.7 Å². The van der Waals surface area contributed by atoms with E-state index in [0.717, 1.165) is 49.2 Å². The zero-order chi connectivity index (χ0) is 24.6. The van der Waals surface area contributed by atoms with Gasteiger partial charge in [-0.1, -0.05) is 56.5 Å². The normalized spacial score (nSPS) is 20.9. The number of benzene rings is 1. The van der Waals surface area contributed by atoms with Gasteiger partial charge in [0.15, 0.2) is 0 Å². The number of alkyl halides is 3. The van der Waals surface area contributed by atoms with E-state index in [4.69, 9.17) is 17.3 Å². The molecule has 1 saturated carbocycles. The average Bonchev–Trinajstić information content (AvgIpc) is 3.11. The summed E-state index contributed by atoms with van der Waals surface area (Å²) in [6.07, 6.45) is 5.14. The van der Waals surface area contributed by atoms with Crippen LogP contribution in [-0.2, 0) is 0 Å². The second-order valence-electron chi connectivity index (χ2n) is 8.96. The summed E-state index contributed by atoms with van der Waals surface area (Å²) in [4.78, 5) is 4.61. The maximum Gasteiger partial charge on any atom is 0.393 e. The van der Waals surface area contributed by atoms with Gasteiger partial charge in [-0.25, -0.2) is 0 Å². The Morgan fingerprint density at radius 1 is 1.32 bits per heavy atom. The third-order valence-corrected chi connectivity index (χ3v) is 6.91. The molecule has 0 saturated heterocycles. The number of fused-ring (bicyclic) bond motifs is 1. The Hall–Kier alpha value is -2.98. The van der Waals surface area contributed by atoms with Crippen LogP contribution in [0.4, 0.5) is 13.2 Å². The molecule has 1 aromatic carbocycles. The van der Waals surface area contributed by atoms with Crippen LogP contribution in [0.5, 0.6) is 0 Å². The van der Waals surface area contributed by atoms with Crippen molar-refractivity contribution in [3.05, 3.63) is 75.8 Å². The molecule has 2 atom stereocenters. The number of halogens is 4. The molecule has 0 spiro atoms. The zero-order valence-corrected chi connectivity index (χ0v) is 19.5. The van der Waals surface area contributed by atoms with Crippen molar-refractivity contribution < 1.29 is 13.2 Å². The molecule has 1 aliphatic heterocycles. The molecule has 2 heterocycles. The van der Waals surface area contributed by atoms with E-state index in [2.05, 4.69) is 22.2 Å². The molecule has 0 bridgehead atoms. The van der Waals surface area contributed by atoms with Crippen LogP contribution < -0.4 is 0 Å². The van der Waals surface area contributed by atoms with E-state index < -0.39 is 23.8 Å². The van der Waals surface area contributed by atoms with Gasteiger partial charge in [-0.15, -0.1) is 0 Å². The van der Waals surface area contributed by atoms with Gasteiger partial charge < -0.3 is 10.3 Å². The zero-order valence-electron chi connectivity index (χ0n) is 18.8. The van der Waals surface area contributed by atoms with Crippen LogP contribution in [0.2, 0.25) is 5.02 Å². The van der Waals surface area contributed by atoms with Gasteiger partial charge >= 0.3 is 6.18 Å². The van der Waals surface area contributed by atoms with Crippen molar-refractivity contribution in [2.75, 3.05) is 0 Å². The summed E-state index contributed by atoms with van der Waals surface area (Å²) >= 11 is 6.32. The van der Waals surface area contributed by atoms with Gasteiger partial charge in [0.25, 0.3) is 0 Å². The highest BCUT2D eigenvalue weighted by Crippen LogP contribution is 2.43. The Bertz CT molecular complexity index is 1250. The van der Waals surface area contributed by atoms with Crippen LogP contribution >= 0.6 is 11.6 Å². The highest BCUT2D eigenvalue weighted by Gasteiger charge is 2.35. The Kier molecular flexibility index (Phi) is 6.64. The maximum atomic E-state index is 13.0. The van der Waals surface area contributed by atoms with Crippen molar-refractivity contribution in [2.24, 2.45) is 10.9 Å². The standard InChI is InChI=1S/C26H25ClF3N4/c1-15-10-17(11-22(32)16(2)26(28,29)30)14-33-24(15)25-21(13-31)20-9-8-18(27)12-23(20)34(25)19-6-4-3-5-7-19/h8-12,14,16,19,24,32H,1,3-7H2,2H3/q-1. The third kappa shape index (κ3) is 4.52. The largest absolute Gasteiger partial charge is 0.702 e. The highest BCUT2D eigenvalue weighted by atomic mass is 35.5. The van der Waals surface area contributed by atoms with Crippen molar-refractivity contribution in [1.29, 1.82) is 5.26 Å². The molecule has 0 radical (unpaired) electrons. The summed E-state index contributed by atoms with van der Waals surface area (Å²) in [5.41, 5.74) is 10.4. The number of aliphatic imine (C=N–C) groups is 1. The van der Waals surface area contributed by atoms with E-state index in [0.29, 0.717) is 21.7 Å². The maximum absolute atomic E-state index is 13.0. The van der Waals surface area contributed by atoms with Crippen LogP contribution in [0.1, 0.15) is 62.4 Å². The van der Waals surface area contributed by atoms with Crippen molar-refractivity contribution in [2.45, 2.75) is 57.3 Å². The molecule has 4 rings (SSSR count). The molecule has 8 heteroatoms. The van der Waals surface area contributed by atoms with Crippen LogP contribution in [0, 0.1) is 17.2 Å². The van der Waals surface area contributed by atoms with E-state index in [1.807, 2.05) is 12.1 Å². The van der Waals surface area contributed by atoms with Crippen molar-refractivity contribution in [3.8, 4) is 6.07 Å². The molecule has 1 fully saturated rings. The van der Waals surface area contributed by atoms with Crippen molar-refractivity contribution >= 4 is 28.7 Å². The van der Waals surface area contributed by atoms with E-state index in [-0.39, 0.29) is 6.04 Å². The molecule has 2 aromatic rings. The van der Waals surface area contributed by atoms with Crippen LogP contribution in [0.15, 0.2) is 58.8 Å². The molecule has 2 unspecified atom stereocenters. The van der Waals surface area contributed by atoms with Gasteiger partial charge in [0.2, 0.25) is 0 Å². The van der Waals surface area contributed by atoms with Gasteiger partial charge in [0, 0.05) is 22.7 Å². The number of dihydropyridines is 1. The number of rotatable bonds is 4. The number of hydrogen-bond acceptors (Lipinski definition) is 2. The Morgan fingerprint density at radius 2 is 2.03 bits per heavy atom. The third-order valence-electron chi connectivity index (χ3n) is 6.67. The van der Waals surface area contributed by atoms with Gasteiger partial charge in [-0.3, -0.25) is 4.99 Å². The molecule has 4 nitrogen and oxygen atoms in total. The second kappa shape index (κ2) is 9.34. The average molecular weight is 486 g/mol. The topological polar surface area (TPSA) is 64.9 Å². The van der Waals surface area contributed by atoms with E-state index in [1.54, 1.807) is 12.1 Å². The predicted octanol–water partition coefficient (Wildman–Crippen LogP) is 8.41. The first-order valence-corrected chi connectivity index (χ1v) is 11.7. The van der Waals surface area contributed by atoms with Crippen molar-refractivity contribution in [3.63, 3.8) is 0 Å². The molecular formula is C26H25ClF3N4-. The lowest BCUT2D eigenvalue weighted by Crippen LogP contribution is -2.21. The number of hydrogen-bond donors (Lipinski definition) is 0. The molecule has 1 N–H and O–H groups in total. The Morgan fingerprint density at radius 3 is 2.65 bits per heavy atom. The van der Waals surface area contributed by atoms with E-state index >= 15 is 0 Å². The number of aromatic nitrogens is 1. The minimum atomic E-state index is -4.48. The second-order valence-corrected chi connectivity index (χ2v) is 9.39. The summed E-state index contributed by atoms with van der Waals surface area (Å²) in [5, 5.41) is 11.5. The molecular weight excluding hydrogens is 461 g/mol. The van der Waals surface area contributed by atoms with Gasteiger partial charge in [-0.05, 0) is 42.2 Å². The SMILES string of the molecule is C=C1C=C(C=C([NH-])C(C)C(F)(F)F)C=NC1c1c(C#N)c2ccc(Cl)cc2n1C1CCCCC1. The summed E-state index contributed by atoms with van der Waals surface area (Å²) in [6, 6.07) is 7.49. The molecule has 2 aliphatic rings. The van der Waals surface area contributed by atoms with Crippen molar-refractivity contribution in [1.82, 2.24) is 4.57 Å². The lowest BCUT2D eigenvalue weighted by Gasteiger charge is -2.29. The number of nitrogens with zero attached hydrogens (tertiary/aromatic N) is 3. The fourth-order valence-corrected chi connectivity index (χ4v) is 4.98. The minimum Gasteiger partial charge on any atom is -0.702 e. The van der Waals surface area contributed by atoms with Crippen LogP contribution in [-0.4, -0.2) is 17.0 Å². The Balaban J connectivity index is 1.78. The summed E-state index contributed by atoms with van der Waals surface area (Å²) in [6.45, 7) is 5.08. The smallest absolute Gasteiger partial charge is 0.393 e. The molecule has 1 aliphatic carbocycles.